The molecule has 1 aromatic carbocycles. The van der Waals surface area contributed by atoms with Gasteiger partial charge in [-0.1, -0.05) is 23.7 Å². The molecule has 0 spiro atoms. The quantitative estimate of drug-likeness (QED) is 0.798. The topological polar surface area (TPSA) is 79.4 Å². The summed E-state index contributed by atoms with van der Waals surface area (Å²) in [5.41, 5.74) is 1.64. The molecule has 2 heterocycles. The second kappa shape index (κ2) is 8.82. The summed E-state index contributed by atoms with van der Waals surface area (Å²) in [5.74, 6) is -0.533. The van der Waals surface area contributed by atoms with E-state index in [0.29, 0.717) is 36.5 Å². The molecule has 2 aromatic rings. The van der Waals surface area contributed by atoms with Gasteiger partial charge in [0.05, 0.1) is 11.7 Å². The van der Waals surface area contributed by atoms with Crippen LogP contribution in [-0.2, 0) is 27.1 Å². The Hall–Kier alpha value is -1.96. The van der Waals surface area contributed by atoms with Gasteiger partial charge in [-0.15, -0.1) is 0 Å². The highest BCUT2D eigenvalue weighted by Gasteiger charge is 2.32. The maximum atomic E-state index is 12.7. The van der Waals surface area contributed by atoms with Crippen molar-refractivity contribution in [3.05, 3.63) is 64.9 Å². The van der Waals surface area contributed by atoms with Crippen molar-refractivity contribution in [1.82, 2.24) is 14.6 Å². The number of rotatable bonds is 6. The molecule has 1 aliphatic rings. The average molecular weight is 408 g/mol. The SMILES string of the molecule is O=C(NCc1ccncc1)[C@@H]1CCCN(S(=O)(=O)Cc2ccc(Cl)cc2)C1. The summed E-state index contributed by atoms with van der Waals surface area (Å²) in [6.07, 6.45) is 4.71. The van der Waals surface area contributed by atoms with Crippen LogP contribution in [0.4, 0.5) is 0 Å². The lowest BCUT2D eigenvalue weighted by molar-refractivity contribution is -0.126. The van der Waals surface area contributed by atoms with Gasteiger partial charge in [0, 0.05) is 37.1 Å². The van der Waals surface area contributed by atoms with E-state index in [2.05, 4.69) is 10.3 Å². The van der Waals surface area contributed by atoms with Gasteiger partial charge < -0.3 is 5.32 Å². The molecule has 3 rings (SSSR count). The van der Waals surface area contributed by atoms with E-state index in [0.717, 1.165) is 5.56 Å². The summed E-state index contributed by atoms with van der Waals surface area (Å²) in [6, 6.07) is 10.5. The molecule has 1 atom stereocenters. The highest BCUT2D eigenvalue weighted by molar-refractivity contribution is 7.88. The van der Waals surface area contributed by atoms with Crippen LogP contribution in [0.3, 0.4) is 0 Å². The number of carbonyl (C=O) groups is 1. The Balaban J connectivity index is 1.59. The number of halogens is 1. The largest absolute Gasteiger partial charge is 0.352 e. The van der Waals surface area contributed by atoms with Crippen LogP contribution in [0.2, 0.25) is 5.02 Å². The highest BCUT2D eigenvalue weighted by Crippen LogP contribution is 2.22. The van der Waals surface area contributed by atoms with Crippen LogP contribution in [0.25, 0.3) is 0 Å². The molecule has 27 heavy (non-hydrogen) atoms. The minimum Gasteiger partial charge on any atom is -0.352 e. The van der Waals surface area contributed by atoms with Crippen molar-refractivity contribution in [2.75, 3.05) is 13.1 Å². The van der Waals surface area contributed by atoms with Crippen molar-refractivity contribution in [3.8, 4) is 0 Å². The Bertz CT molecular complexity index is 873. The number of amides is 1. The monoisotopic (exact) mass is 407 g/mol. The summed E-state index contributed by atoms with van der Waals surface area (Å²) < 4.78 is 26.9. The second-order valence-electron chi connectivity index (χ2n) is 6.65. The first-order valence-electron chi connectivity index (χ1n) is 8.83. The summed E-state index contributed by atoms with van der Waals surface area (Å²) in [6.45, 7) is 1.08. The predicted octanol–water partition coefficient (Wildman–Crippen LogP) is 2.59. The molecule has 0 saturated carbocycles. The van der Waals surface area contributed by atoms with Gasteiger partial charge in [-0.05, 0) is 48.2 Å². The number of carbonyl (C=O) groups excluding carboxylic acids is 1. The minimum absolute atomic E-state index is 0.0878. The first-order valence-corrected chi connectivity index (χ1v) is 10.8. The van der Waals surface area contributed by atoms with Gasteiger partial charge in [0.1, 0.15) is 0 Å². The van der Waals surface area contributed by atoms with Crippen LogP contribution in [0, 0.1) is 5.92 Å². The number of hydrogen-bond acceptors (Lipinski definition) is 4. The Labute approximate surface area is 164 Å². The summed E-state index contributed by atoms with van der Waals surface area (Å²) in [5, 5.41) is 3.46. The normalized spacial score (nSPS) is 18.2. The van der Waals surface area contributed by atoms with E-state index < -0.39 is 10.0 Å². The van der Waals surface area contributed by atoms with Gasteiger partial charge in [0.2, 0.25) is 15.9 Å². The Kier molecular flexibility index (Phi) is 6.46. The van der Waals surface area contributed by atoms with Gasteiger partial charge >= 0.3 is 0 Å². The standard InChI is InChI=1S/C19H22ClN3O3S/c20-18-5-3-16(4-6-18)14-27(25,26)23-11-1-2-17(13-23)19(24)22-12-15-7-9-21-10-8-15/h3-10,17H,1-2,11-14H2,(H,22,24)/t17-/m1/s1. The zero-order chi connectivity index (χ0) is 19.3. The zero-order valence-electron chi connectivity index (χ0n) is 14.8. The number of piperidine rings is 1. The second-order valence-corrected chi connectivity index (χ2v) is 9.06. The molecule has 1 aromatic heterocycles. The van der Waals surface area contributed by atoms with E-state index in [1.54, 1.807) is 36.7 Å². The Morgan fingerprint density at radius 2 is 1.85 bits per heavy atom. The number of benzene rings is 1. The molecule has 0 radical (unpaired) electrons. The van der Waals surface area contributed by atoms with Gasteiger partial charge in [-0.2, -0.15) is 0 Å². The fraction of sp³-hybridized carbons (Fsp3) is 0.368. The predicted molar refractivity (Wildman–Crippen MR) is 104 cm³/mol. The highest BCUT2D eigenvalue weighted by atomic mass is 35.5. The molecule has 144 valence electrons. The van der Waals surface area contributed by atoms with Crippen LogP contribution in [0.15, 0.2) is 48.8 Å². The molecule has 8 heteroatoms. The minimum atomic E-state index is -3.48. The Morgan fingerprint density at radius 3 is 2.56 bits per heavy atom. The number of sulfonamides is 1. The number of aromatic nitrogens is 1. The molecule has 1 aliphatic heterocycles. The van der Waals surface area contributed by atoms with Crippen molar-refractivity contribution in [2.45, 2.75) is 25.1 Å². The van der Waals surface area contributed by atoms with Crippen molar-refractivity contribution in [2.24, 2.45) is 5.92 Å². The van der Waals surface area contributed by atoms with Crippen molar-refractivity contribution in [1.29, 1.82) is 0 Å². The van der Waals surface area contributed by atoms with E-state index in [9.17, 15) is 13.2 Å². The molecule has 6 nitrogen and oxygen atoms in total. The fourth-order valence-corrected chi connectivity index (χ4v) is 4.86. The molecular weight excluding hydrogens is 386 g/mol. The smallest absolute Gasteiger partial charge is 0.224 e. The first kappa shape index (κ1) is 19.8. The third kappa shape index (κ3) is 5.51. The summed E-state index contributed by atoms with van der Waals surface area (Å²) in [4.78, 5) is 16.4. The van der Waals surface area contributed by atoms with Crippen LogP contribution in [0.1, 0.15) is 24.0 Å². The maximum absolute atomic E-state index is 12.7. The van der Waals surface area contributed by atoms with E-state index in [4.69, 9.17) is 11.6 Å². The van der Waals surface area contributed by atoms with Crippen LogP contribution >= 0.6 is 11.6 Å². The van der Waals surface area contributed by atoms with Crippen molar-refractivity contribution >= 4 is 27.5 Å². The number of hydrogen-bond donors (Lipinski definition) is 1. The van der Waals surface area contributed by atoms with E-state index in [1.807, 2.05) is 12.1 Å². The Morgan fingerprint density at radius 1 is 1.15 bits per heavy atom. The van der Waals surface area contributed by atoms with E-state index in [1.165, 1.54) is 4.31 Å². The average Bonchev–Trinajstić information content (AvgIpc) is 2.68. The molecular formula is C19H22ClN3O3S. The van der Waals surface area contributed by atoms with Crippen molar-refractivity contribution < 1.29 is 13.2 Å². The molecule has 1 N–H and O–H groups in total. The van der Waals surface area contributed by atoms with E-state index >= 15 is 0 Å². The van der Waals surface area contributed by atoms with Crippen LogP contribution in [0.5, 0.6) is 0 Å². The van der Waals surface area contributed by atoms with Gasteiger partial charge in [0.15, 0.2) is 0 Å². The first-order chi connectivity index (χ1) is 12.9. The van der Waals surface area contributed by atoms with Crippen LogP contribution < -0.4 is 5.32 Å². The third-order valence-corrected chi connectivity index (χ3v) is 6.70. The lowest BCUT2D eigenvalue weighted by atomic mass is 9.99. The molecule has 1 fully saturated rings. The zero-order valence-corrected chi connectivity index (χ0v) is 16.4. The molecule has 1 amide bonds. The van der Waals surface area contributed by atoms with Crippen molar-refractivity contribution in [3.63, 3.8) is 0 Å². The summed E-state index contributed by atoms with van der Waals surface area (Å²) >= 11 is 5.85. The third-order valence-electron chi connectivity index (χ3n) is 4.63. The summed E-state index contributed by atoms with van der Waals surface area (Å²) in [7, 11) is -3.48. The molecule has 0 unspecified atom stereocenters. The number of pyridine rings is 1. The number of nitrogens with one attached hydrogen (secondary N) is 1. The number of nitrogens with zero attached hydrogens (tertiary/aromatic N) is 2. The van der Waals surface area contributed by atoms with Crippen LogP contribution in [-0.4, -0.2) is 36.7 Å². The van der Waals surface area contributed by atoms with Gasteiger partial charge in [-0.3, -0.25) is 9.78 Å². The van der Waals surface area contributed by atoms with Gasteiger partial charge in [0.25, 0.3) is 0 Å². The van der Waals surface area contributed by atoms with E-state index in [-0.39, 0.29) is 24.1 Å². The fourth-order valence-electron chi connectivity index (χ4n) is 3.13. The molecule has 0 bridgehead atoms. The lowest BCUT2D eigenvalue weighted by Gasteiger charge is -2.31. The lowest BCUT2D eigenvalue weighted by Crippen LogP contribution is -2.45. The molecule has 0 aliphatic carbocycles. The molecule has 1 saturated heterocycles. The van der Waals surface area contributed by atoms with Gasteiger partial charge in [-0.25, -0.2) is 12.7 Å². The maximum Gasteiger partial charge on any atom is 0.224 e.